The summed E-state index contributed by atoms with van der Waals surface area (Å²) in [5.41, 5.74) is 2.80. The minimum atomic E-state index is -2.75. The summed E-state index contributed by atoms with van der Waals surface area (Å²) in [5.74, 6) is -2.23. The highest BCUT2D eigenvalue weighted by Crippen LogP contribution is 2.63. The number of amides is 3. The van der Waals surface area contributed by atoms with Crippen molar-refractivity contribution < 1.29 is 36.9 Å². The molecule has 2 saturated carbocycles. The van der Waals surface area contributed by atoms with Crippen LogP contribution < -0.4 is 10.6 Å². The van der Waals surface area contributed by atoms with E-state index in [1.807, 2.05) is 0 Å². The van der Waals surface area contributed by atoms with E-state index in [-0.39, 0.29) is 64.4 Å². The Kier molecular flexibility index (Phi) is 9.01. The molecule has 2 aliphatic carbocycles. The summed E-state index contributed by atoms with van der Waals surface area (Å²) in [6.45, 7) is 3.45. The van der Waals surface area contributed by atoms with Crippen molar-refractivity contribution in [3.8, 4) is 11.1 Å². The summed E-state index contributed by atoms with van der Waals surface area (Å²) in [6.07, 6.45) is 5.35. The first kappa shape index (κ1) is 34.5. The number of carbonyl (C=O) groups excluding carboxylic acids is 4. The maximum absolute atomic E-state index is 14.1. The molecule has 0 saturated heterocycles. The van der Waals surface area contributed by atoms with Crippen LogP contribution in [-0.4, -0.2) is 85.1 Å². The van der Waals surface area contributed by atoms with Gasteiger partial charge in [0, 0.05) is 77.3 Å². The van der Waals surface area contributed by atoms with Crippen LogP contribution in [0.4, 0.5) is 16.2 Å². The third kappa shape index (κ3) is 7.68. The Morgan fingerprint density at radius 2 is 1.45 bits per heavy atom. The SMILES string of the molecule is [2H]C([2H])([2H])n1c(C(=O)Nc2cccc(-c3cccc(NC(=O)c4nc5c(n4C([2H])([2H])[2H])CCN(CCC46CCC(C(=O)OC)(CC4)C6)C5)c3Cl)c2C)nc2c1CCN(C(=O)OC(C)(C)C)C2. The molecule has 60 heavy (non-hydrogen) atoms. The number of rotatable bonds is 9. The van der Waals surface area contributed by atoms with Crippen LogP contribution in [-0.2, 0) is 54.2 Å². The van der Waals surface area contributed by atoms with Gasteiger partial charge in [0.25, 0.3) is 11.8 Å². The van der Waals surface area contributed by atoms with Crippen molar-refractivity contribution in [1.29, 1.82) is 0 Å². The number of nitrogens with one attached hydrogen (secondary N) is 2. The lowest BCUT2D eigenvalue weighted by Gasteiger charge is -2.32. The van der Waals surface area contributed by atoms with Gasteiger partial charge in [-0.15, -0.1) is 0 Å². The molecule has 0 spiro atoms. The highest BCUT2D eigenvalue weighted by Gasteiger charge is 2.58. The van der Waals surface area contributed by atoms with Crippen LogP contribution in [0.15, 0.2) is 36.4 Å². The van der Waals surface area contributed by atoms with Crippen LogP contribution in [0.5, 0.6) is 0 Å². The Morgan fingerprint density at radius 3 is 2.08 bits per heavy atom. The van der Waals surface area contributed by atoms with Crippen LogP contribution in [0, 0.1) is 17.8 Å². The number of hydrogen-bond donors (Lipinski definition) is 2. The predicted molar refractivity (Wildman–Crippen MR) is 228 cm³/mol. The standard InChI is InChI=1S/C45H55ClN8O6/c1-27-28(10-8-12-30(27)49-39(55)37-48-33-25-54(22-15-35(33)52(37)6)42(58)60-43(2,3)4)29-11-9-13-31(36(29)46)50-40(56)38-47-32-24-53(21-14-34(32)51(38)5)23-20-44-16-18-45(26-44,19-17-44)41(57)59-7/h8-13H,14-26H2,1-7H3,(H,49,55)(H,50,56)/i5D3,6D3. The zero-order chi connectivity index (χ0) is 47.7. The lowest BCUT2D eigenvalue weighted by Crippen LogP contribution is -2.40. The molecular formula is C45H55ClN8O6. The van der Waals surface area contributed by atoms with Crippen molar-refractivity contribution in [2.24, 2.45) is 24.8 Å². The summed E-state index contributed by atoms with van der Waals surface area (Å²) < 4.78 is 62.6. The highest BCUT2D eigenvalue weighted by molar-refractivity contribution is 6.36. The molecule has 14 nitrogen and oxygen atoms in total. The molecule has 2 bridgehead atoms. The number of carbonyl (C=O) groups is 4. The van der Waals surface area contributed by atoms with Crippen molar-refractivity contribution in [3.63, 3.8) is 0 Å². The lowest BCUT2D eigenvalue weighted by molar-refractivity contribution is -0.152. The van der Waals surface area contributed by atoms with E-state index in [0.29, 0.717) is 59.0 Å². The lowest BCUT2D eigenvalue weighted by atomic mass is 9.80. The Hall–Kier alpha value is -5.21. The monoisotopic (exact) mass is 844 g/mol. The predicted octanol–water partition coefficient (Wildman–Crippen LogP) is 7.45. The molecule has 2 fully saturated rings. The van der Waals surface area contributed by atoms with E-state index in [0.717, 1.165) is 54.2 Å². The number of imidazole rings is 2. The smallest absolute Gasteiger partial charge is 0.410 e. The molecule has 0 unspecified atom stereocenters. The zero-order valence-corrected chi connectivity index (χ0v) is 35.4. The zero-order valence-electron chi connectivity index (χ0n) is 40.7. The molecule has 2 aromatic heterocycles. The fraction of sp³-hybridized carbons (Fsp3) is 0.511. The van der Waals surface area contributed by atoms with Crippen LogP contribution >= 0.6 is 11.6 Å². The van der Waals surface area contributed by atoms with E-state index in [9.17, 15) is 19.2 Å². The van der Waals surface area contributed by atoms with E-state index in [1.54, 1.807) is 64.1 Å². The summed E-state index contributed by atoms with van der Waals surface area (Å²) in [6, 6.07) is 10.1. The number of anilines is 2. The minimum absolute atomic E-state index is 0.0324. The Bertz CT molecular complexity index is 2610. The third-order valence-corrected chi connectivity index (χ3v) is 13.3. The van der Waals surface area contributed by atoms with Gasteiger partial charge in [0.1, 0.15) is 5.60 Å². The van der Waals surface area contributed by atoms with Gasteiger partial charge in [-0.2, -0.15) is 0 Å². The van der Waals surface area contributed by atoms with Gasteiger partial charge in [-0.25, -0.2) is 14.8 Å². The second kappa shape index (κ2) is 15.7. The van der Waals surface area contributed by atoms with E-state index in [1.165, 1.54) is 12.0 Å². The second-order valence-corrected chi connectivity index (χ2v) is 18.1. The quantitative estimate of drug-likeness (QED) is 0.164. The van der Waals surface area contributed by atoms with Gasteiger partial charge >= 0.3 is 12.1 Å². The van der Waals surface area contributed by atoms with Crippen molar-refractivity contribution in [2.45, 2.75) is 97.8 Å². The first-order chi connectivity index (χ1) is 30.9. The number of esters is 1. The first-order valence-electron chi connectivity index (χ1n) is 23.4. The van der Waals surface area contributed by atoms with Gasteiger partial charge in [-0.3, -0.25) is 19.3 Å². The Balaban J connectivity index is 0.989. The van der Waals surface area contributed by atoms with E-state index < -0.39 is 37.5 Å². The molecule has 0 atom stereocenters. The van der Waals surface area contributed by atoms with Crippen molar-refractivity contribution in [1.82, 2.24) is 28.9 Å². The largest absolute Gasteiger partial charge is 0.469 e. The fourth-order valence-corrected chi connectivity index (χ4v) is 9.88. The Morgan fingerprint density at radius 1 is 0.850 bits per heavy atom. The van der Waals surface area contributed by atoms with E-state index in [2.05, 4.69) is 25.5 Å². The van der Waals surface area contributed by atoms with Crippen LogP contribution in [0.1, 0.15) is 117 Å². The van der Waals surface area contributed by atoms with E-state index in [4.69, 9.17) is 29.3 Å². The molecule has 4 aromatic rings. The maximum Gasteiger partial charge on any atom is 0.410 e. The average molecular weight is 845 g/mol. The molecule has 3 amide bonds. The molecule has 2 N–H and O–H groups in total. The van der Waals surface area contributed by atoms with Gasteiger partial charge < -0.3 is 34.1 Å². The summed E-state index contributed by atoms with van der Waals surface area (Å²) >= 11 is 7.01. The number of nitrogens with zero attached hydrogens (tertiary/aromatic N) is 6. The molecule has 8 rings (SSSR count). The van der Waals surface area contributed by atoms with Gasteiger partial charge in [-0.1, -0.05) is 35.9 Å². The van der Waals surface area contributed by atoms with Crippen LogP contribution in [0.3, 0.4) is 0 Å². The molecule has 2 aliphatic heterocycles. The number of halogens is 1. The van der Waals surface area contributed by atoms with Gasteiger partial charge in [0.2, 0.25) is 0 Å². The maximum atomic E-state index is 14.1. The minimum Gasteiger partial charge on any atom is -0.469 e. The van der Waals surface area contributed by atoms with Crippen LogP contribution in [0.2, 0.25) is 5.02 Å². The molecule has 4 aliphatic rings. The summed E-state index contributed by atoms with van der Waals surface area (Å²) in [5, 5.41) is 5.76. The van der Waals surface area contributed by atoms with Crippen molar-refractivity contribution in [2.75, 3.05) is 37.4 Å². The Labute approximate surface area is 364 Å². The van der Waals surface area contributed by atoms with Gasteiger partial charge in [-0.05, 0) is 101 Å². The molecule has 0 radical (unpaired) electrons. The summed E-state index contributed by atoms with van der Waals surface area (Å²) in [7, 11) is 1.45. The van der Waals surface area contributed by atoms with Gasteiger partial charge in [0.15, 0.2) is 11.6 Å². The molecule has 2 aromatic carbocycles. The number of methoxy groups -OCH3 is 1. The van der Waals surface area contributed by atoms with Gasteiger partial charge in [0.05, 0.1) is 41.2 Å². The summed E-state index contributed by atoms with van der Waals surface area (Å²) in [4.78, 5) is 66.2. The topological polar surface area (TPSA) is 153 Å². The number of ether oxygens (including phenoxy) is 2. The van der Waals surface area contributed by atoms with Crippen molar-refractivity contribution in [3.05, 3.63) is 81.4 Å². The first-order valence-corrected chi connectivity index (χ1v) is 20.8. The van der Waals surface area contributed by atoms with Crippen molar-refractivity contribution >= 4 is 46.9 Å². The number of fused-ring (bicyclic) bond motifs is 4. The molecule has 4 heterocycles. The highest BCUT2D eigenvalue weighted by atomic mass is 35.5. The molecular weight excluding hydrogens is 784 g/mol. The second-order valence-electron chi connectivity index (χ2n) is 17.8. The molecule has 318 valence electrons. The number of benzene rings is 2. The number of aromatic nitrogens is 4. The number of hydrogen-bond acceptors (Lipinski definition) is 9. The van der Waals surface area contributed by atoms with Crippen LogP contribution in [0.25, 0.3) is 11.1 Å². The molecule has 15 heteroatoms. The third-order valence-electron chi connectivity index (χ3n) is 12.8. The average Bonchev–Trinajstić information content (AvgIpc) is 4.03. The van der Waals surface area contributed by atoms with E-state index >= 15 is 0 Å². The normalized spacial score (nSPS) is 22.9. The fourth-order valence-electron chi connectivity index (χ4n) is 9.61.